The van der Waals surface area contributed by atoms with Gasteiger partial charge in [-0.3, -0.25) is 0 Å². The molecule has 0 unspecified atom stereocenters. The minimum atomic E-state index is -3.01. The minimum Gasteiger partial charge on any atom is -0.383 e. The lowest BCUT2D eigenvalue weighted by Crippen LogP contribution is -2.49. The number of nitrogens with zero attached hydrogens (tertiary/aromatic N) is 4. The van der Waals surface area contributed by atoms with Crippen molar-refractivity contribution in [2.45, 2.75) is 44.7 Å². The van der Waals surface area contributed by atoms with Crippen LogP contribution in [0.15, 0.2) is 36.8 Å². The van der Waals surface area contributed by atoms with Crippen molar-refractivity contribution in [3.63, 3.8) is 0 Å². The lowest BCUT2D eigenvalue weighted by molar-refractivity contribution is 0.0481. The van der Waals surface area contributed by atoms with Gasteiger partial charge in [0.25, 0.3) is 0 Å². The van der Waals surface area contributed by atoms with Gasteiger partial charge in [-0.25, -0.2) is 18.4 Å². The molecule has 0 amide bonds. The van der Waals surface area contributed by atoms with E-state index < -0.39 is 9.84 Å². The van der Waals surface area contributed by atoms with Gasteiger partial charge in [0.15, 0.2) is 0 Å². The summed E-state index contributed by atoms with van der Waals surface area (Å²) in [7, 11) is -3.01. The van der Waals surface area contributed by atoms with E-state index in [0.29, 0.717) is 18.3 Å². The quantitative estimate of drug-likeness (QED) is 0.590. The second-order valence-electron chi connectivity index (χ2n) is 9.61. The summed E-state index contributed by atoms with van der Waals surface area (Å²) in [6.45, 7) is 4.75. The molecule has 32 heavy (non-hydrogen) atoms. The molecule has 2 aromatic heterocycles. The van der Waals surface area contributed by atoms with Crippen molar-refractivity contribution in [2.24, 2.45) is 5.92 Å². The number of likely N-dealkylation sites (tertiary alicyclic amines) is 1. The smallest absolute Gasteiger partial charge is 0.147 e. The molecule has 2 aliphatic rings. The van der Waals surface area contributed by atoms with Gasteiger partial charge >= 0.3 is 0 Å². The molecule has 1 aromatic carbocycles. The molecule has 3 heterocycles. The van der Waals surface area contributed by atoms with Crippen LogP contribution in [0.1, 0.15) is 37.8 Å². The normalized spacial score (nSPS) is 23.8. The zero-order chi connectivity index (χ0) is 22.5. The Morgan fingerprint density at radius 2 is 2.03 bits per heavy atom. The van der Waals surface area contributed by atoms with Gasteiger partial charge in [0, 0.05) is 36.6 Å². The van der Waals surface area contributed by atoms with Crippen LogP contribution < -0.4 is 5.73 Å². The molecule has 1 atom stereocenters. The van der Waals surface area contributed by atoms with Crippen LogP contribution in [0.5, 0.6) is 0 Å². The Hall–Kier alpha value is -2.45. The molecule has 0 bridgehead atoms. The summed E-state index contributed by atoms with van der Waals surface area (Å²) in [5.74, 6) is 1.36. The van der Waals surface area contributed by atoms with Crippen LogP contribution in [0.3, 0.4) is 0 Å². The molecule has 0 spiro atoms. The van der Waals surface area contributed by atoms with E-state index in [1.165, 1.54) is 25.8 Å². The number of aromatic nitrogens is 3. The summed E-state index contributed by atoms with van der Waals surface area (Å²) < 4.78 is 25.5. The molecule has 1 saturated heterocycles. The molecule has 2 fully saturated rings. The Labute approximate surface area is 189 Å². The van der Waals surface area contributed by atoms with Crippen molar-refractivity contribution >= 4 is 26.7 Å². The molecule has 0 radical (unpaired) electrons. The van der Waals surface area contributed by atoms with Crippen LogP contribution in [0, 0.1) is 5.92 Å². The molecule has 5 rings (SSSR count). The lowest BCUT2D eigenvalue weighted by atomic mass is 9.79. The molecule has 1 aliphatic carbocycles. The number of hydrogen-bond acceptors (Lipinski definition) is 6. The topological polar surface area (TPSA) is 94.1 Å². The maximum atomic E-state index is 11.6. The van der Waals surface area contributed by atoms with E-state index in [9.17, 15) is 8.42 Å². The highest BCUT2D eigenvalue weighted by molar-refractivity contribution is 7.90. The molecular weight excluding hydrogens is 422 g/mol. The van der Waals surface area contributed by atoms with Gasteiger partial charge in [0.05, 0.1) is 11.1 Å². The second-order valence-corrected chi connectivity index (χ2v) is 11.9. The number of aryl methyl sites for hydroxylation is 1. The first-order valence-corrected chi connectivity index (χ1v) is 13.5. The predicted molar refractivity (Wildman–Crippen MR) is 128 cm³/mol. The Balaban J connectivity index is 1.42. The molecular formula is C24H31N5O2S. The number of fused-ring (bicyclic) bond motifs is 1. The Morgan fingerprint density at radius 3 is 2.72 bits per heavy atom. The van der Waals surface area contributed by atoms with Crippen molar-refractivity contribution in [1.82, 2.24) is 19.4 Å². The minimum absolute atomic E-state index is 0.141. The molecule has 8 heteroatoms. The summed E-state index contributed by atoms with van der Waals surface area (Å²) >= 11 is 0. The monoisotopic (exact) mass is 453 g/mol. The Bertz CT molecular complexity index is 1250. The largest absolute Gasteiger partial charge is 0.383 e. The first-order chi connectivity index (χ1) is 15.3. The van der Waals surface area contributed by atoms with Crippen LogP contribution in [0.4, 0.5) is 5.82 Å². The first kappa shape index (κ1) is 21.4. The Kier molecular flexibility index (Phi) is 5.45. The molecule has 7 nitrogen and oxygen atoms in total. The van der Waals surface area contributed by atoms with Gasteiger partial charge in [-0.15, -0.1) is 0 Å². The lowest BCUT2D eigenvalue weighted by Gasteiger charge is -2.45. The van der Waals surface area contributed by atoms with E-state index in [1.54, 1.807) is 6.33 Å². The van der Waals surface area contributed by atoms with Crippen molar-refractivity contribution in [3.8, 4) is 11.1 Å². The summed E-state index contributed by atoms with van der Waals surface area (Å²) in [5.41, 5.74) is 10.2. The number of sulfone groups is 1. The average Bonchev–Trinajstić information content (AvgIpc) is 3.10. The maximum absolute atomic E-state index is 11.6. The summed E-state index contributed by atoms with van der Waals surface area (Å²) in [4.78, 5) is 11.4. The van der Waals surface area contributed by atoms with Gasteiger partial charge in [0.1, 0.15) is 27.6 Å². The summed E-state index contributed by atoms with van der Waals surface area (Å²) in [6, 6.07) is 9.21. The second kappa shape index (κ2) is 8.15. The highest BCUT2D eigenvalue weighted by Crippen LogP contribution is 2.43. The summed E-state index contributed by atoms with van der Waals surface area (Å²) in [6.07, 6.45) is 9.11. The van der Waals surface area contributed by atoms with E-state index in [1.807, 2.05) is 18.2 Å². The van der Waals surface area contributed by atoms with Crippen molar-refractivity contribution in [3.05, 3.63) is 42.4 Å². The van der Waals surface area contributed by atoms with Gasteiger partial charge in [-0.2, -0.15) is 0 Å². The van der Waals surface area contributed by atoms with E-state index in [4.69, 9.17) is 5.73 Å². The number of nitrogen functional groups attached to an aromatic ring is 1. The molecule has 1 saturated carbocycles. The Morgan fingerprint density at radius 1 is 1.22 bits per heavy atom. The van der Waals surface area contributed by atoms with Crippen LogP contribution in [-0.2, 0) is 16.3 Å². The number of rotatable bonds is 7. The number of hydrogen-bond donors (Lipinski definition) is 1. The SMILES string of the molecule is C[C@@H]1CCN1CC1CC(n2cc(-c3cccc(CCS(C)(=O)=O)c3)c3c(N)ncnc32)C1. The number of benzene rings is 1. The third-order valence-electron chi connectivity index (χ3n) is 7.19. The van der Waals surface area contributed by atoms with Gasteiger partial charge in [0.2, 0.25) is 0 Å². The maximum Gasteiger partial charge on any atom is 0.147 e. The van der Waals surface area contributed by atoms with E-state index >= 15 is 0 Å². The number of nitrogens with two attached hydrogens (primary N) is 1. The van der Waals surface area contributed by atoms with Crippen molar-refractivity contribution in [2.75, 3.05) is 30.8 Å². The van der Waals surface area contributed by atoms with Crippen LogP contribution in [0.2, 0.25) is 0 Å². The fraction of sp³-hybridized carbons (Fsp3) is 0.500. The van der Waals surface area contributed by atoms with Crippen molar-refractivity contribution < 1.29 is 8.42 Å². The molecule has 1 aliphatic heterocycles. The van der Waals surface area contributed by atoms with E-state index in [2.05, 4.69) is 38.6 Å². The predicted octanol–water partition coefficient (Wildman–Crippen LogP) is 3.31. The fourth-order valence-electron chi connectivity index (χ4n) is 5.05. The van der Waals surface area contributed by atoms with E-state index in [0.717, 1.165) is 52.5 Å². The van der Waals surface area contributed by atoms with Crippen LogP contribution in [0.25, 0.3) is 22.2 Å². The molecule has 2 N–H and O–H groups in total. The first-order valence-electron chi connectivity index (χ1n) is 11.4. The van der Waals surface area contributed by atoms with Gasteiger partial charge < -0.3 is 15.2 Å². The zero-order valence-corrected chi connectivity index (χ0v) is 19.6. The number of anilines is 1. The van der Waals surface area contributed by atoms with E-state index in [-0.39, 0.29) is 5.75 Å². The highest BCUT2D eigenvalue weighted by Gasteiger charge is 2.36. The van der Waals surface area contributed by atoms with Gasteiger partial charge in [-0.05, 0) is 56.2 Å². The van der Waals surface area contributed by atoms with Gasteiger partial charge in [-0.1, -0.05) is 24.3 Å². The summed E-state index contributed by atoms with van der Waals surface area (Å²) in [5, 5.41) is 0.882. The van der Waals surface area contributed by atoms with Crippen LogP contribution in [-0.4, -0.2) is 59.0 Å². The average molecular weight is 454 g/mol. The zero-order valence-electron chi connectivity index (χ0n) is 18.7. The third kappa shape index (κ3) is 4.13. The molecule has 170 valence electrons. The third-order valence-corrected chi connectivity index (χ3v) is 8.14. The fourth-order valence-corrected chi connectivity index (χ4v) is 5.66. The standard InChI is InChI=1S/C24H31N5O2S/c1-16-6-8-28(16)13-18-11-20(12-18)29-14-21(22-23(25)26-15-27-24(22)29)19-5-3-4-17(10-19)7-9-32(2,30)31/h3-5,10,14-16,18,20H,6-9,11-13H2,1-2H3,(H2,25,26,27)/t16-,18?,20?/m1/s1. The highest BCUT2D eigenvalue weighted by atomic mass is 32.2. The molecule has 3 aromatic rings. The van der Waals surface area contributed by atoms with Crippen LogP contribution >= 0.6 is 0 Å². The van der Waals surface area contributed by atoms with Crippen molar-refractivity contribution in [1.29, 1.82) is 0 Å².